The SMILES string of the molecule is Cc1ccc(Nc2c(C#N)cnc3ccccc23)c(C)n1. The molecule has 0 amide bonds. The molecule has 1 N–H and O–H groups in total. The number of nitrogens with one attached hydrogen (secondary N) is 1. The molecule has 4 nitrogen and oxygen atoms in total. The van der Waals surface area contributed by atoms with Gasteiger partial charge in [-0.25, -0.2) is 0 Å². The molecule has 0 spiro atoms. The van der Waals surface area contributed by atoms with Gasteiger partial charge in [-0.1, -0.05) is 18.2 Å². The minimum Gasteiger partial charge on any atom is -0.352 e. The van der Waals surface area contributed by atoms with Crippen LogP contribution in [0.15, 0.2) is 42.6 Å². The van der Waals surface area contributed by atoms with E-state index in [0.717, 1.165) is 33.7 Å². The van der Waals surface area contributed by atoms with Gasteiger partial charge in [-0.3, -0.25) is 9.97 Å². The van der Waals surface area contributed by atoms with Crippen molar-refractivity contribution in [2.45, 2.75) is 13.8 Å². The van der Waals surface area contributed by atoms with Crippen molar-refractivity contribution >= 4 is 22.3 Å². The summed E-state index contributed by atoms with van der Waals surface area (Å²) in [6.07, 6.45) is 1.60. The van der Waals surface area contributed by atoms with E-state index in [1.54, 1.807) is 6.20 Å². The van der Waals surface area contributed by atoms with Gasteiger partial charge in [-0.15, -0.1) is 0 Å². The van der Waals surface area contributed by atoms with Crippen LogP contribution in [0.3, 0.4) is 0 Å². The van der Waals surface area contributed by atoms with Gasteiger partial charge in [0.15, 0.2) is 0 Å². The number of aromatic nitrogens is 2. The number of hydrogen-bond donors (Lipinski definition) is 1. The summed E-state index contributed by atoms with van der Waals surface area (Å²) in [4.78, 5) is 8.76. The Morgan fingerprint density at radius 2 is 1.90 bits per heavy atom. The van der Waals surface area contributed by atoms with Gasteiger partial charge in [0.2, 0.25) is 0 Å². The Kier molecular flexibility index (Phi) is 3.25. The fraction of sp³-hybridized carbons (Fsp3) is 0.118. The summed E-state index contributed by atoms with van der Waals surface area (Å²) in [6, 6.07) is 13.9. The average Bonchev–Trinajstić information content (AvgIpc) is 2.50. The van der Waals surface area contributed by atoms with Crippen LogP contribution < -0.4 is 5.32 Å². The lowest BCUT2D eigenvalue weighted by atomic mass is 10.1. The zero-order valence-corrected chi connectivity index (χ0v) is 11.9. The first-order valence-corrected chi connectivity index (χ1v) is 6.68. The van der Waals surface area contributed by atoms with E-state index >= 15 is 0 Å². The van der Waals surface area contributed by atoms with Crippen LogP contribution in [0, 0.1) is 25.2 Å². The third-order valence-electron chi connectivity index (χ3n) is 3.38. The lowest BCUT2D eigenvalue weighted by Gasteiger charge is -2.13. The van der Waals surface area contributed by atoms with Gasteiger partial charge in [0.1, 0.15) is 6.07 Å². The molecule has 2 heterocycles. The maximum Gasteiger partial charge on any atom is 0.103 e. The standard InChI is InChI=1S/C17H14N4/c1-11-7-8-15(12(2)20-11)21-17-13(9-18)10-19-16-6-4-3-5-14(16)17/h3-8,10H,1-2H3,(H,19,21). The van der Waals surface area contributed by atoms with Gasteiger partial charge in [0.25, 0.3) is 0 Å². The number of pyridine rings is 2. The van der Waals surface area contributed by atoms with Crippen LogP contribution >= 0.6 is 0 Å². The number of anilines is 2. The van der Waals surface area contributed by atoms with Crippen LogP contribution in [-0.2, 0) is 0 Å². The third-order valence-corrected chi connectivity index (χ3v) is 3.38. The molecule has 0 aliphatic carbocycles. The molecule has 0 atom stereocenters. The molecule has 0 saturated carbocycles. The molecular weight excluding hydrogens is 260 g/mol. The highest BCUT2D eigenvalue weighted by Gasteiger charge is 2.10. The Labute approximate surface area is 123 Å². The Balaban J connectivity index is 2.17. The van der Waals surface area contributed by atoms with Gasteiger partial charge in [0.05, 0.1) is 28.1 Å². The second kappa shape index (κ2) is 5.22. The maximum absolute atomic E-state index is 9.32. The lowest BCUT2D eigenvalue weighted by molar-refractivity contribution is 1.12. The molecule has 21 heavy (non-hydrogen) atoms. The Morgan fingerprint density at radius 1 is 1.10 bits per heavy atom. The highest BCUT2D eigenvalue weighted by molar-refractivity contribution is 5.95. The topological polar surface area (TPSA) is 61.6 Å². The number of fused-ring (bicyclic) bond motifs is 1. The van der Waals surface area contributed by atoms with Crippen molar-refractivity contribution in [1.29, 1.82) is 5.26 Å². The lowest BCUT2D eigenvalue weighted by Crippen LogP contribution is -2.00. The second-order valence-corrected chi connectivity index (χ2v) is 4.89. The van der Waals surface area contributed by atoms with Crippen molar-refractivity contribution in [3.05, 3.63) is 59.5 Å². The number of aryl methyl sites for hydroxylation is 2. The van der Waals surface area contributed by atoms with E-state index in [1.165, 1.54) is 0 Å². The van der Waals surface area contributed by atoms with Crippen molar-refractivity contribution < 1.29 is 0 Å². The number of rotatable bonds is 2. The Hall–Kier alpha value is -2.93. The van der Waals surface area contributed by atoms with Crippen molar-refractivity contribution in [2.75, 3.05) is 5.32 Å². The quantitative estimate of drug-likeness (QED) is 0.770. The molecule has 0 saturated heterocycles. The van der Waals surface area contributed by atoms with Crippen LogP contribution in [0.5, 0.6) is 0 Å². The maximum atomic E-state index is 9.32. The van der Waals surface area contributed by atoms with Crippen molar-refractivity contribution in [2.24, 2.45) is 0 Å². The van der Waals surface area contributed by atoms with E-state index in [1.807, 2.05) is 50.2 Å². The van der Waals surface area contributed by atoms with E-state index in [-0.39, 0.29) is 0 Å². The van der Waals surface area contributed by atoms with E-state index < -0.39 is 0 Å². The molecule has 2 aromatic heterocycles. The molecule has 0 bridgehead atoms. The van der Waals surface area contributed by atoms with Crippen molar-refractivity contribution in [3.8, 4) is 6.07 Å². The zero-order valence-electron chi connectivity index (χ0n) is 11.9. The summed E-state index contributed by atoms with van der Waals surface area (Å²) in [7, 11) is 0. The first-order chi connectivity index (χ1) is 10.2. The molecule has 3 aromatic rings. The highest BCUT2D eigenvalue weighted by Crippen LogP contribution is 2.29. The van der Waals surface area contributed by atoms with Crippen LogP contribution in [0.1, 0.15) is 17.0 Å². The molecule has 1 aromatic carbocycles. The minimum atomic E-state index is 0.522. The Morgan fingerprint density at radius 3 is 2.67 bits per heavy atom. The summed E-state index contributed by atoms with van der Waals surface area (Å²) in [5.41, 5.74) is 4.92. The summed E-state index contributed by atoms with van der Waals surface area (Å²) in [5, 5.41) is 13.6. The molecule has 0 aliphatic heterocycles. The summed E-state index contributed by atoms with van der Waals surface area (Å²) in [6.45, 7) is 3.91. The van der Waals surface area contributed by atoms with E-state index in [4.69, 9.17) is 0 Å². The van der Waals surface area contributed by atoms with Gasteiger partial charge in [-0.05, 0) is 32.0 Å². The third kappa shape index (κ3) is 2.41. The average molecular weight is 274 g/mol. The number of hydrogen-bond acceptors (Lipinski definition) is 4. The minimum absolute atomic E-state index is 0.522. The summed E-state index contributed by atoms with van der Waals surface area (Å²) >= 11 is 0. The second-order valence-electron chi connectivity index (χ2n) is 4.89. The van der Waals surface area contributed by atoms with E-state index in [2.05, 4.69) is 21.4 Å². The zero-order chi connectivity index (χ0) is 14.8. The Bertz CT molecular complexity index is 862. The van der Waals surface area contributed by atoms with Crippen molar-refractivity contribution in [3.63, 3.8) is 0 Å². The van der Waals surface area contributed by atoms with Crippen LogP contribution in [0.4, 0.5) is 11.4 Å². The number of nitriles is 1. The predicted octanol–water partition coefficient (Wildman–Crippen LogP) is 3.86. The van der Waals surface area contributed by atoms with Gasteiger partial charge in [-0.2, -0.15) is 5.26 Å². The normalized spacial score (nSPS) is 10.3. The van der Waals surface area contributed by atoms with E-state index in [0.29, 0.717) is 5.56 Å². The largest absolute Gasteiger partial charge is 0.352 e. The number of para-hydroxylation sites is 1. The van der Waals surface area contributed by atoms with Gasteiger partial charge < -0.3 is 5.32 Å². The molecule has 4 heteroatoms. The van der Waals surface area contributed by atoms with Crippen LogP contribution in [-0.4, -0.2) is 9.97 Å². The van der Waals surface area contributed by atoms with Crippen LogP contribution in [0.25, 0.3) is 10.9 Å². The highest BCUT2D eigenvalue weighted by atomic mass is 14.9. The smallest absolute Gasteiger partial charge is 0.103 e. The number of nitrogens with zero attached hydrogens (tertiary/aromatic N) is 3. The first kappa shape index (κ1) is 13.1. The molecule has 0 aliphatic rings. The monoisotopic (exact) mass is 274 g/mol. The van der Waals surface area contributed by atoms with Crippen molar-refractivity contribution in [1.82, 2.24) is 9.97 Å². The molecule has 0 radical (unpaired) electrons. The summed E-state index contributed by atoms with van der Waals surface area (Å²) in [5.74, 6) is 0. The molecule has 0 unspecified atom stereocenters. The molecule has 3 rings (SSSR count). The fourth-order valence-electron chi connectivity index (χ4n) is 2.31. The first-order valence-electron chi connectivity index (χ1n) is 6.68. The summed E-state index contributed by atoms with van der Waals surface area (Å²) < 4.78 is 0. The van der Waals surface area contributed by atoms with E-state index in [9.17, 15) is 5.26 Å². The van der Waals surface area contributed by atoms with Gasteiger partial charge in [0, 0.05) is 17.3 Å². The predicted molar refractivity (Wildman–Crippen MR) is 83.5 cm³/mol. The number of benzene rings is 1. The molecule has 0 fully saturated rings. The van der Waals surface area contributed by atoms with Crippen LogP contribution in [0.2, 0.25) is 0 Å². The molecular formula is C17H14N4. The van der Waals surface area contributed by atoms with Gasteiger partial charge >= 0.3 is 0 Å². The molecule has 102 valence electrons. The fourth-order valence-corrected chi connectivity index (χ4v) is 2.31.